The zero-order valence-corrected chi connectivity index (χ0v) is 14.7. The second kappa shape index (κ2) is 9.31. The number of pyridine rings is 1. The summed E-state index contributed by atoms with van der Waals surface area (Å²) in [5, 5.41) is 0. The summed E-state index contributed by atoms with van der Waals surface area (Å²) in [5.74, 6) is 0. The Morgan fingerprint density at radius 1 is 0.913 bits per heavy atom. The number of rotatable bonds is 9. The van der Waals surface area contributed by atoms with E-state index in [1.54, 1.807) is 0 Å². The normalized spacial score (nSPS) is 11.0. The molecule has 0 aliphatic heterocycles. The van der Waals surface area contributed by atoms with E-state index in [1.807, 2.05) is 6.20 Å². The third-order valence-electron chi connectivity index (χ3n) is 4.09. The molecule has 0 radical (unpaired) electrons. The fourth-order valence-electron chi connectivity index (χ4n) is 2.65. The van der Waals surface area contributed by atoms with Crippen molar-refractivity contribution in [3.05, 3.63) is 59.9 Å². The summed E-state index contributed by atoms with van der Waals surface area (Å²) in [7, 11) is 4.26. The second-order valence-corrected chi connectivity index (χ2v) is 6.24. The largest absolute Gasteiger partial charge is 0.371 e. The number of hydrogen-bond acceptors (Lipinski definition) is 3. The fraction of sp³-hybridized carbons (Fsp3) is 0.450. The first kappa shape index (κ1) is 17.5. The lowest BCUT2D eigenvalue weighted by Gasteiger charge is -2.25. The molecule has 0 saturated carbocycles. The Morgan fingerprint density at radius 2 is 1.70 bits per heavy atom. The van der Waals surface area contributed by atoms with Gasteiger partial charge in [-0.15, -0.1) is 0 Å². The first-order valence-electron chi connectivity index (χ1n) is 8.57. The van der Waals surface area contributed by atoms with Crippen molar-refractivity contribution in [2.24, 2.45) is 0 Å². The molecular weight excluding hydrogens is 282 g/mol. The molecule has 1 aromatic carbocycles. The van der Waals surface area contributed by atoms with Crippen molar-refractivity contribution < 1.29 is 0 Å². The zero-order chi connectivity index (χ0) is 16.5. The number of aryl methyl sites for hydroxylation is 1. The van der Waals surface area contributed by atoms with Gasteiger partial charge in [0.15, 0.2) is 0 Å². The molecule has 0 aliphatic carbocycles. The first-order chi connectivity index (χ1) is 11.2. The van der Waals surface area contributed by atoms with Crippen molar-refractivity contribution in [2.75, 3.05) is 38.6 Å². The molecule has 1 heterocycles. The van der Waals surface area contributed by atoms with Crippen LogP contribution in [0.3, 0.4) is 0 Å². The van der Waals surface area contributed by atoms with Crippen molar-refractivity contribution in [1.29, 1.82) is 0 Å². The Morgan fingerprint density at radius 3 is 2.30 bits per heavy atom. The SMILES string of the molecule is CCc1ccc(CCN(CCCN(C)C)c2ccccc2)nc1. The molecule has 0 aliphatic rings. The summed E-state index contributed by atoms with van der Waals surface area (Å²) in [5.41, 5.74) is 3.78. The molecule has 124 valence electrons. The van der Waals surface area contributed by atoms with E-state index in [0.29, 0.717) is 0 Å². The summed E-state index contributed by atoms with van der Waals surface area (Å²) in [6.07, 6.45) is 5.22. The van der Waals surface area contributed by atoms with Crippen molar-refractivity contribution in [2.45, 2.75) is 26.2 Å². The predicted molar refractivity (Wildman–Crippen MR) is 99.1 cm³/mol. The summed E-state index contributed by atoms with van der Waals surface area (Å²) in [6.45, 7) is 5.37. The minimum absolute atomic E-state index is 0.987. The molecule has 0 spiro atoms. The topological polar surface area (TPSA) is 19.4 Å². The Hall–Kier alpha value is -1.87. The third kappa shape index (κ3) is 6.03. The van der Waals surface area contributed by atoms with E-state index in [0.717, 1.165) is 32.5 Å². The second-order valence-electron chi connectivity index (χ2n) is 6.24. The van der Waals surface area contributed by atoms with E-state index in [1.165, 1.54) is 23.4 Å². The third-order valence-corrected chi connectivity index (χ3v) is 4.09. The minimum Gasteiger partial charge on any atom is -0.371 e. The summed E-state index contributed by atoms with van der Waals surface area (Å²) in [6, 6.07) is 15.1. The molecule has 0 fully saturated rings. The van der Waals surface area contributed by atoms with Crippen LogP contribution in [0.25, 0.3) is 0 Å². The number of anilines is 1. The average Bonchev–Trinajstić information content (AvgIpc) is 2.59. The van der Waals surface area contributed by atoms with Crippen LogP contribution in [-0.2, 0) is 12.8 Å². The predicted octanol–water partition coefficient (Wildman–Crippen LogP) is 3.64. The number of benzene rings is 1. The molecular formula is C20H29N3. The van der Waals surface area contributed by atoms with Gasteiger partial charge in [0.2, 0.25) is 0 Å². The van der Waals surface area contributed by atoms with E-state index in [-0.39, 0.29) is 0 Å². The summed E-state index contributed by atoms with van der Waals surface area (Å²) >= 11 is 0. The monoisotopic (exact) mass is 311 g/mol. The van der Waals surface area contributed by atoms with Crippen LogP contribution in [0.1, 0.15) is 24.6 Å². The van der Waals surface area contributed by atoms with Crippen LogP contribution in [0.4, 0.5) is 5.69 Å². The van der Waals surface area contributed by atoms with Gasteiger partial charge < -0.3 is 9.80 Å². The lowest BCUT2D eigenvalue weighted by atomic mass is 10.2. The van der Waals surface area contributed by atoms with Crippen LogP contribution < -0.4 is 4.90 Å². The maximum absolute atomic E-state index is 4.59. The van der Waals surface area contributed by atoms with Crippen molar-refractivity contribution in [3.63, 3.8) is 0 Å². The van der Waals surface area contributed by atoms with Gasteiger partial charge in [-0.25, -0.2) is 0 Å². The molecule has 0 atom stereocenters. The zero-order valence-electron chi connectivity index (χ0n) is 14.7. The molecule has 3 nitrogen and oxygen atoms in total. The van der Waals surface area contributed by atoms with Gasteiger partial charge in [-0.05, 0) is 57.2 Å². The van der Waals surface area contributed by atoms with E-state index in [2.05, 4.69) is 78.3 Å². The van der Waals surface area contributed by atoms with Crippen molar-refractivity contribution in [1.82, 2.24) is 9.88 Å². The van der Waals surface area contributed by atoms with E-state index >= 15 is 0 Å². The quantitative estimate of drug-likeness (QED) is 0.705. The Labute approximate surface area is 141 Å². The molecule has 1 aromatic heterocycles. The van der Waals surface area contributed by atoms with Gasteiger partial charge in [-0.3, -0.25) is 4.98 Å². The number of para-hydroxylation sites is 1. The molecule has 0 saturated heterocycles. The Kier molecular flexibility index (Phi) is 7.08. The van der Waals surface area contributed by atoms with Crippen LogP contribution in [0.5, 0.6) is 0 Å². The highest BCUT2D eigenvalue weighted by molar-refractivity contribution is 5.46. The van der Waals surface area contributed by atoms with Crippen molar-refractivity contribution in [3.8, 4) is 0 Å². The summed E-state index contributed by atoms with van der Waals surface area (Å²) in [4.78, 5) is 9.30. The first-order valence-corrected chi connectivity index (χ1v) is 8.57. The number of aromatic nitrogens is 1. The van der Waals surface area contributed by atoms with Gasteiger partial charge in [0.25, 0.3) is 0 Å². The maximum atomic E-state index is 4.59. The van der Waals surface area contributed by atoms with Gasteiger partial charge in [-0.2, -0.15) is 0 Å². The van der Waals surface area contributed by atoms with Crippen LogP contribution in [0.2, 0.25) is 0 Å². The Balaban J connectivity index is 1.95. The average molecular weight is 311 g/mol. The molecule has 2 aromatic rings. The highest BCUT2D eigenvalue weighted by Crippen LogP contribution is 2.14. The molecule has 0 unspecified atom stereocenters. The lowest BCUT2D eigenvalue weighted by Crippen LogP contribution is -2.29. The maximum Gasteiger partial charge on any atom is 0.0421 e. The van der Waals surface area contributed by atoms with Crippen LogP contribution in [0, 0.1) is 0 Å². The highest BCUT2D eigenvalue weighted by atomic mass is 15.1. The van der Waals surface area contributed by atoms with Gasteiger partial charge in [0.05, 0.1) is 0 Å². The molecule has 0 bridgehead atoms. The lowest BCUT2D eigenvalue weighted by molar-refractivity contribution is 0.400. The number of hydrogen-bond donors (Lipinski definition) is 0. The van der Waals surface area contributed by atoms with Crippen molar-refractivity contribution >= 4 is 5.69 Å². The standard InChI is InChI=1S/C20H29N3/c1-4-18-11-12-19(21-17-18)13-16-23(15-8-14-22(2)3)20-9-6-5-7-10-20/h5-7,9-12,17H,4,8,13-16H2,1-3H3. The van der Waals surface area contributed by atoms with Crippen LogP contribution in [-0.4, -0.2) is 43.6 Å². The minimum atomic E-state index is 0.987. The molecule has 23 heavy (non-hydrogen) atoms. The molecule has 2 rings (SSSR count). The van der Waals surface area contributed by atoms with Gasteiger partial charge >= 0.3 is 0 Å². The van der Waals surface area contributed by atoms with Gasteiger partial charge in [0.1, 0.15) is 0 Å². The van der Waals surface area contributed by atoms with Gasteiger partial charge in [-0.1, -0.05) is 31.2 Å². The molecule has 0 amide bonds. The van der Waals surface area contributed by atoms with Gasteiger partial charge in [0, 0.05) is 37.1 Å². The van der Waals surface area contributed by atoms with E-state index in [4.69, 9.17) is 0 Å². The van der Waals surface area contributed by atoms with Crippen LogP contribution >= 0.6 is 0 Å². The smallest absolute Gasteiger partial charge is 0.0421 e. The molecule has 3 heteroatoms. The molecule has 0 N–H and O–H groups in total. The highest BCUT2D eigenvalue weighted by Gasteiger charge is 2.07. The Bertz CT molecular complexity index is 549. The fourth-order valence-corrected chi connectivity index (χ4v) is 2.65. The summed E-state index contributed by atoms with van der Waals surface area (Å²) < 4.78 is 0. The van der Waals surface area contributed by atoms with E-state index < -0.39 is 0 Å². The number of nitrogens with zero attached hydrogens (tertiary/aromatic N) is 3. The van der Waals surface area contributed by atoms with E-state index in [9.17, 15) is 0 Å². The van der Waals surface area contributed by atoms with Crippen LogP contribution in [0.15, 0.2) is 48.7 Å².